The highest BCUT2D eigenvalue weighted by molar-refractivity contribution is 7.18. The summed E-state index contributed by atoms with van der Waals surface area (Å²) in [5.41, 5.74) is 0.923. The monoisotopic (exact) mass is 364 g/mol. The van der Waals surface area contributed by atoms with Crippen LogP contribution in [0.3, 0.4) is 0 Å². The van der Waals surface area contributed by atoms with Gasteiger partial charge in [0.05, 0.1) is 17.0 Å². The average Bonchev–Trinajstić information content (AvgIpc) is 3.40. The van der Waals surface area contributed by atoms with Crippen molar-refractivity contribution in [1.82, 2.24) is 4.90 Å². The van der Waals surface area contributed by atoms with Crippen LogP contribution in [-0.4, -0.2) is 42.4 Å². The van der Waals surface area contributed by atoms with Gasteiger partial charge in [-0.2, -0.15) is 0 Å². The molecule has 0 aromatic carbocycles. The van der Waals surface area contributed by atoms with Gasteiger partial charge >= 0.3 is 5.97 Å². The normalized spacial score (nSPS) is 17.3. The van der Waals surface area contributed by atoms with Gasteiger partial charge in [0.15, 0.2) is 0 Å². The van der Waals surface area contributed by atoms with Crippen LogP contribution in [0.1, 0.15) is 64.6 Å². The quantitative estimate of drug-likeness (QED) is 0.814. The molecule has 1 aliphatic heterocycles. The highest BCUT2D eigenvalue weighted by Gasteiger charge is 2.33. The largest absolute Gasteiger partial charge is 0.462 e. The molecule has 6 nitrogen and oxygen atoms in total. The lowest BCUT2D eigenvalue weighted by molar-refractivity contribution is -0.117. The van der Waals surface area contributed by atoms with Gasteiger partial charge in [-0.05, 0) is 51.5 Å². The van der Waals surface area contributed by atoms with Crippen molar-refractivity contribution < 1.29 is 19.1 Å². The standard InChI is InChI=1S/C18H24N2O4S/c1-3-24-18(23)13-11(2)14(17(22)20-9-5-4-6-10-20)25-16(13)19-15(21)12-7-8-12/h12H,3-10H2,1-2H3,(H,19,21). The van der Waals surface area contributed by atoms with Crippen LogP contribution in [-0.2, 0) is 9.53 Å². The number of nitrogens with zero attached hydrogens (tertiary/aromatic N) is 1. The number of carbonyl (C=O) groups is 3. The number of rotatable bonds is 5. The first kappa shape index (κ1) is 17.9. The van der Waals surface area contributed by atoms with Gasteiger partial charge in [0.2, 0.25) is 5.91 Å². The summed E-state index contributed by atoms with van der Waals surface area (Å²) < 4.78 is 5.14. The van der Waals surface area contributed by atoms with Crippen LogP contribution in [0, 0.1) is 12.8 Å². The predicted molar refractivity (Wildman–Crippen MR) is 96.1 cm³/mol. The lowest BCUT2D eigenvalue weighted by Gasteiger charge is -2.26. The number of likely N-dealkylation sites (tertiary alicyclic amines) is 1. The van der Waals surface area contributed by atoms with Gasteiger partial charge in [-0.25, -0.2) is 4.79 Å². The van der Waals surface area contributed by atoms with E-state index in [-0.39, 0.29) is 24.3 Å². The summed E-state index contributed by atoms with van der Waals surface area (Å²) in [6.45, 7) is 5.23. The van der Waals surface area contributed by atoms with Crippen LogP contribution in [0.15, 0.2) is 0 Å². The summed E-state index contributed by atoms with van der Waals surface area (Å²) in [7, 11) is 0. The molecule has 2 fully saturated rings. The number of ether oxygens (including phenoxy) is 1. The molecule has 7 heteroatoms. The molecule has 2 heterocycles. The number of nitrogens with one attached hydrogen (secondary N) is 1. The van der Waals surface area contributed by atoms with E-state index < -0.39 is 5.97 Å². The number of carbonyl (C=O) groups excluding carboxylic acids is 3. The summed E-state index contributed by atoms with van der Waals surface area (Å²) >= 11 is 1.19. The Balaban J connectivity index is 1.90. The van der Waals surface area contributed by atoms with E-state index in [4.69, 9.17) is 4.74 Å². The summed E-state index contributed by atoms with van der Waals surface area (Å²) in [4.78, 5) is 39.8. The fraction of sp³-hybridized carbons (Fsp3) is 0.611. The van der Waals surface area contributed by atoms with E-state index >= 15 is 0 Å². The molecule has 0 spiro atoms. The maximum absolute atomic E-state index is 12.9. The average molecular weight is 364 g/mol. The molecule has 0 unspecified atom stereocenters. The molecule has 2 aliphatic rings. The number of piperidine rings is 1. The number of amides is 2. The Kier molecular flexibility index (Phi) is 5.42. The van der Waals surface area contributed by atoms with E-state index in [0.29, 0.717) is 21.0 Å². The fourth-order valence-electron chi connectivity index (χ4n) is 3.05. The smallest absolute Gasteiger partial charge is 0.341 e. The molecule has 2 amide bonds. The van der Waals surface area contributed by atoms with Crippen LogP contribution in [0.2, 0.25) is 0 Å². The Morgan fingerprint density at radius 3 is 2.48 bits per heavy atom. The Morgan fingerprint density at radius 1 is 1.20 bits per heavy atom. The zero-order valence-electron chi connectivity index (χ0n) is 14.7. The molecule has 3 rings (SSSR count). The third-order valence-corrected chi connectivity index (χ3v) is 5.84. The second-order valence-electron chi connectivity index (χ2n) is 6.60. The lowest BCUT2D eigenvalue weighted by atomic mass is 10.1. The molecule has 0 radical (unpaired) electrons. The van der Waals surface area contributed by atoms with Gasteiger partial charge < -0.3 is 15.0 Å². The third kappa shape index (κ3) is 3.86. The molecule has 136 valence electrons. The predicted octanol–water partition coefficient (Wildman–Crippen LogP) is 3.21. The Hall–Kier alpha value is -1.89. The van der Waals surface area contributed by atoms with Crippen molar-refractivity contribution >= 4 is 34.1 Å². The number of anilines is 1. The van der Waals surface area contributed by atoms with Crippen LogP contribution in [0.25, 0.3) is 0 Å². The Bertz CT molecular complexity index is 687. The van der Waals surface area contributed by atoms with Crippen LogP contribution >= 0.6 is 11.3 Å². The maximum Gasteiger partial charge on any atom is 0.341 e. The zero-order chi connectivity index (χ0) is 18.0. The van der Waals surface area contributed by atoms with Crippen LogP contribution in [0.5, 0.6) is 0 Å². The van der Waals surface area contributed by atoms with Crippen LogP contribution < -0.4 is 5.32 Å². The minimum atomic E-state index is -0.486. The van der Waals surface area contributed by atoms with Crippen molar-refractivity contribution in [1.29, 1.82) is 0 Å². The molecule has 1 saturated carbocycles. The van der Waals surface area contributed by atoms with E-state index in [1.165, 1.54) is 11.3 Å². The summed E-state index contributed by atoms with van der Waals surface area (Å²) in [6, 6.07) is 0. The summed E-state index contributed by atoms with van der Waals surface area (Å²) in [6.07, 6.45) is 4.91. The minimum Gasteiger partial charge on any atom is -0.462 e. The second kappa shape index (κ2) is 7.56. The Morgan fingerprint density at radius 2 is 1.88 bits per heavy atom. The van der Waals surface area contributed by atoms with E-state index in [0.717, 1.165) is 45.2 Å². The molecular formula is C18H24N2O4S. The van der Waals surface area contributed by atoms with Crippen molar-refractivity contribution in [3.63, 3.8) is 0 Å². The third-order valence-electron chi connectivity index (χ3n) is 4.65. The molecule has 1 saturated heterocycles. The van der Waals surface area contributed by atoms with E-state index in [9.17, 15) is 14.4 Å². The SMILES string of the molecule is CCOC(=O)c1c(NC(=O)C2CC2)sc(C(=O)N2CCCCC2)c1C. The van der Waals surface area contributed by atoms with Gasteiger partial charge in [0.25, 0.3) is 5.91 Å². The number of hydrogen-bond donors (Lipinski definition) is 1. The van der Waals surface area contributed by atoms with Gasteiger partial charge in [0.1, 0.15) is 5.00 Å². The molecule has 1 N–H and O–H groups in total. The topological polar surface area (TPSA) is 75.7 Å². The maximum atomic E-state index is 12.9. The van der Waals surface area contributed by atoms with Gasteiger partial charge in [-0.3, -0.25) is 9.59 Å². The first-order valence-electron chi connectivity index (χ1n) is 8.93. The molecule has 1 aromatic rings. The first-order chi connectivity index (χ1) is 12.0. The van der Waals surface area contributed by atoms with Crippen molar-refractivity contribution in [2.24, 2.45) is 5.92 Å². The minimum absolute atomic E-state index is 0.0266. The number of thiophene rings is 1. The highest BCUT2D eigenvalue weighted by atomic mass is 32.1. The Labute approximate surface area is 151 Å². The van der Waals surface area contributed by atoms with Gasteiger partial charge in [-0.1, -0.05) is 0 Å². The molecule has 25 heavy (non-hydrogen) atoms. The molecule has 0 bridgehead atoms. The zero-order valence-corrected chi connectivity index (χ0v) is 15.5. The highest BCUT2D eigenvalue weighted by Crippen LogP contribution is 2.37. The van der Waals surface area contributed by atoms with Crippen molar-refractivity contribution in [3.8, 4) is 0 Å². The van der Waals surface area contributed by atoms with Gasteiger partial charge in [0, 0.05) is 19.0 Å². The second-order valence-corrected chi connectivity index (χ2v) is 7.62. The number of hydrogen-bond acceptors (Lipinski definition) is 5. The first-order valence-corrected chi connectivity index (χ1v) is 9.75. The lowest BCUT2D eigenvalue weighted by Crippen LogP contribution is -2.35. The van der Waals surface area contributed by atoms with E-state index in [1.807, 2.05) is 4.90 Å². The van der Waals surface area contributed by atoms with Crippen molar-refractivity contribution in [2.45, 2.75) is 46.0 Å². The van der Waals surface area contributed by atoms with Crippen LogP contribution in [0.4, 0.5) is 5.00 Å². The van der Waals surface area contributed by atoms with E-state index in [2.05, 4.69) is 5.32 Å². The van der Waals surface area contributed by atoms with E-state index in [1.54, 1.807) is 13.8 Å². The summed E-state index contributed by atoms with van der Waals surface area (Å²) in [5.74, 6) is -0.595. The summed E-state index contributed by atoms with van der Waals surface area (Å²) in [5, 5.41) is 3.28. The van der Waals surface area contributed by atoms with Gasteiger partial charge in [-0.15, -0.1) is 11.3 Å². The fourth-order valence-corrected chi connectivity index (χ4v) is 4.22. The van der Waals surface area contributed by atoms with Crippen molar-refractivity contribution in [2.75, 3.05) is 25.0 Å². The molecular weight excluding hydrogens is 340 g/mol. The molecule has 1 aliphatic carbocycles. The molecule has 1 aromatic heterocycles. The number of esters is 1. The molecule has 0 atom stereocenters. The van der Waals surface area contributed by atoms with Crippen molar-refractivity contribution in [3.05, 3.63) is 16.0 Å².